The van der Waals surface area contributed by atoms with Gasteiger partial charge in [0.15, 0.2) is 0 Å². The summed E-state index contributed by atoms with van der Waals surface area (Å²) >= 11 is 3.11. The Morgan fingerprint density at radius 2 is 2.12 bits per heavy atom. The van der Waals surface area contributed by atoms with Crippen LogP contribution in [0.15, 0.2) is 6.07 Å². The van der Waals surface area contributed by atoms with Crippen molar-refractivity contribution >= 4 is 15.9 Å². The molecule has 0 bridgehead atoms. The number of nitriles is 2. The van der Waals surface area contributed by atoms with Crippen LogP contribution < -0.4 is 0 Å². The fourth-order valence-corrected chi connectivity index (χ4v) is 1.70. The molecule has 3 nitrogen and oxygen atoms in total. The third kappa shape index (κ3) is 2.53. The molecule has 0 N–H and O–H groups in total. The third-order valence-electron chi connectivity index (χ3n) is 1.94. The predicted octanol–water partition coefficient (Wildman–Crippen LogP) is 2.85. The van der Waals surface area contributed by atoms with Crippen LogP contribution >= 0.6 is 15.9 Å². The molecule has 0 spiro atoms. The summed E-state index contributed by atoms with van der Waals surface area (Å²) in [6.45, 7) is 0. The van der Waals surface area contributed by atoms with Crippen molar-refractivity contribution in [1.82, 2.24) is 4.98 Å². The quantitative estimate of drug-likeness (QED) is 0.803. The summed E-state index contributed by atoms with van der Waals surface area (Å²) in [7, 11) is 0. The largest absolute Gasteiger partial charge is 0.281 e. The molecule has 16 heavy (non-hydrogen) atoms. The van der Waals surface area contributed by atoms with Gasteiger partial charge in [0.1, 0.15) is 11.8 Å². The van der Waals surface area contributed by atoms with Crippen LogP contribution in [0.5, 0.6) is 0 Å². The lowest BCUT2D eigenvalue weighted by Gasteiger charge is -2.08. The van der Waals surface area contributed by atoms with E-state index in [1.165, 1.54) is 6.07 Å². The number of rotatable bonds is 3. The van der Waals surface area contributed by atoms with E-state index in [-0.39, 0.29) is 17.3 Å². The molecule has 1 rings (SSSR count). The second-order valence-electron chi connectivity index (χ2n) is 2.91. The number of hydrogen-bond acceptors (Lipinski definition) is 3. The summed E-state index contributed by atoms with van der Waals surface area (Å²) in [6.07, 6.45) is -2.74. The van der Waals surface area contributed by atoms with Gasteiger partial charge in [-0.1, -0.05) is 15.9 Å². The molecule has 1 aromatic rings. The molecule has 0 atom stereocenters. The van der Waals surface area contributed by atoms with Gasteiger partial charge < -0.3 is 0 Å². The van der Waals surface area contributed by atoms with Gasteiger partial charge in [-0.25, -0.2) is 13.8 Å². The standard InChI is InChI=1S/C10H6BrF2N3/c11-4-8-6(1-2-14)3-7(5-15)9(16-8)10(12)13/h3,10H,1,4H2. The molecule has 0 amide bonds. The molecular formula is C10H6BrF2N3. The van der Waals surface area contributed by atoms with Gasteiger partial charge >= 0.3 is 0 Å². The average Bonchev–Trinajstić information content (AvgIpc) is 2.28. The van der Waals surface area contributed by atoms with Gasteiger partial charge in [0, 0.05) is 5.33 Å². The van der Waals surface area contributed by atoms with E-state index in [4.69, 9.17) is 10.5 Å². The van der Waals surface area contributed by atoms with E-state index >= 15 is 0 Å². The maximum Gasteiger partial charge on any atom is 0.281 e. The summed E-state index contributed by atoms with van der Waals surface area (Å²) in [5.74, 6) is 0. The Balaban J connectivity index is 3.36. The van der Waals surface area contributed by atoms with E-state index in [0.717, 1.165) is 0 Å². The molecule has 0 radical (unpaired) electrons. The topological polar surface area (TPSA) is 60.5 Å². The first kappa shape index (κ1) is 12.5. The SMILES string of the molecule is N#CCc1cc(C#N)c(C(F)F)nc1CBr. The average molecular weight is 286 g/mol. The van der Waals surface area contributed by atoms with E-state index < -0.39 is 12.1 Å². The summed E-state index contributed by atoms with van der Waals surface area (Å²) < 4.78 is 25.1. The van der Waals surface area contributed by atoms with Crippen molar-refractivity contribution in [3.63, 3.8) is 0 Å². The van der Waals surface area contributed by atoms with Crippen molar-refractivity contribution in [2.45, 2.75) is 18.2 Å². The van der Waals surface area contributed by atoms with Gasteiger partial charge in [-0.2, -0.15) is 10.5 Å². The monoisotopic (exact) mass is 285 g/mol. The second kappa shape index (κ2) is 5.53. The van der Waals surface area contributed by atoms with Crippen LogP contribution in [0.25, 0.3) is 0 Å². The van der Waals surface area contributed by atoms with Crippen molar-refractivity contribution in [2.24, 2.45) is 0 Å². The van der Waals surface area contributed by atoms with E-state index in [2.05, 4.69) is 20.9 Å². The second-order valence-corrected chi connectivity index (χ2v) is 3.47. The fraction of sp³-hybridized carbons (Fsp3) is 0.300. The number of aromatic nitrogens is 1. The molecule has 82 valence electrons. The first-order valence-corrected chi connectivity index (χ1v) is 5.40. The molecule has 1 heterocycles. The zero-order chi connectivity index (χ0) is 12.1. The Labute approximate surface area is 99.5 Å². The van der Waals surface area contributed by atoms with Crippen LogP contribution in [0, 0.1) is 22.7 Å². The van der Waals surface area contributed by atoms with E-state index in [1.807, 2.05) is 6.07 Å². The molecular weight excluding hydrogens is 280 g/mol. The van der Waals surface area contributed by atoms with Gasteiger partial charge in [-0.05, 0) is 11.6 Å². The van der Waals surface area contributed by atoms with Gasteiger partial charge in [0.25, 0.3) is 6.43 Å². The Hall–Kier alpha value is -1.53. The van der Waals surface area contributed by atoms with Crippen molar-refractivity contribution in [3.05, 3.63) is 28.6 Å². The van der Waals surface area contributed by atoms with Crippen molar-refractivity contribution in [3.8, 4) is 12.1 Å². The van der Waals surface area contributed by atoms with Crippen LogP contribution in [-0.4, -0.2) is 4.98 Å². The van der Waals surface area contributed by atoms with Gasteiger partial charge in [-0.3, -0.25) is 0 Å². The zero-order valence-corrected chi connectivity index (χ0v) is 9.63. The highest BCUT2D eigenvalue weighted by Gasteiger charge is 2.18. The molecule has 0 unspecified atom stereocenters. The van der Waals surface area contributed by atoms with Crippen molar-refractivity contribution < 1.29 is 8.78 Å². The predicted molar refractivity (Wildman–Crippen MR) is 55.9 cm³/mol. The first-order valence-electron chi connectivity index (χ1n) is 4.27. The van der Waals surface area contributed by atoms with E-state index in [9.17, 15) is 8.78 Å². The number of hydrogen-bond donors (Lipinski definition) is 0. The van der Waals surface area contributed by atoms with Crippen LogP contribution in [0.2, 0.25) is 0 Å². The fourth-order valence-electron chi connectivity index (χ4n) is 1.22. The summed E-state index contributed by atoms with van der Waals surface area (Å²) in [5, 5.41) is 17.5. The molecule has 0 aliphatic carbocycles. The Morgan fingerprint density at radius 3 is 2.56 bits per heavy atom. The minimum absolute atomic E-state index is 0.0477. The highest BCUT2D eigenvalue weighted by molar-refractivity contribution is 9.08. The summed E-state index contributed by atoms with van der Waals surface area (Å²) in [5.41, 5.74) is 0.166. The lowest BCUT2D eigenvalue weighted by Crippen LogP contribution is -2.03. The van der Waals surface area contributed by atoms with E-state index in [1.54, 1.807) is 6.07 Å². The van der Waals surface area contributed by atoms with Crippen LogP contribution in [0.3, 0.4) is 0 Å². The maximum absolute atomic E-state index is 12.6. The Kier molecular flexibility index (Phi) is 4.33. The first-order chi connectivity index (χ1) is 7.63. The van der Waals surface area contributed by atoms with Crippen LogP contribution in [0.4, 0.5) is 8.78 Å². The minimum atomic E-state index is -2.79. The Bertz CT molecular complexity index is 474. The third-order valence-corrected chi connectivity index (χ3v) is 2.47. The summed E-state index contributed by atoms with van der Waals surface area (Å²) in [6, 6.07) is 4.86. The Morgan fingerprint density at radius 1 is 1.44 bits per heavy atom. The molecule has 1 aromatic heterocycles. The highest BCUT2D eigenvalue weighted by atomic mass is 79.9. The maximum atomic E-state index is 12.6. The molecule has 0 aliphatic rings. The number of alkyl halides is 3. The zero-order valence-electron chi connectivity index (χ0n) is 8.04. The minimum Gasteiger partial charge on any atom is -0.249 e. The van der Waals surface area contributed by atoms with Gasteiger partial charge in [0.2, 0.25) is 0 Å². The summed E-state index contributed by atoms with van der Waals surface area (Å²) in [4.78, 5) is 3.71. The lowest BCUT2D eigenvalue weighted by atomic mass is 10.1. The molecule has 0 aliphatic heterocycles. The van der Waals surface area contributed by atoms with E-state index in [0.29, 0.717) is 11.3 Å². The van der Waals surface area contributed by atoms with Crippen molar-refractivity contribution in [1.29, 1.82) is 10.5 Å². The molecule has 6 heteroatoms. The van der Waals surface area contributed by atoms with Gasteiger partial charge in [-0.15, -0.1) is 0 Å². The molecule has 0 aromatic carbocycles. The smallest absolute Gasteiger partial charge is 0.249 e. The lowest BCUT2D eigenvalue weighted by molar-refractivity contribution is 0.145. The highest BCUT2D eigenvalue weighted by Crippen LogP contribution is 2.24. The number of nitrogens with zero attached hydrogens (tertiary/aromatic N) is 3. The van der Waals surface area contributed by atoms with Crippen molar-refractivity contribution in [2.75, 3.05) is 0 Å². The number of halogens is 3. The molecule has 0 saturated heterocycles. The normalized spacial score (nSPS) is 9.88. The van der Waals surface area contributed by atoms with Crippen LogP contribution in [0.1, 0.15) is 28.9 Å². The van der Waals surface area contributed by atoms with Gasteiger partial charge in [0.05, 0.1) is 23.7 Å². The molecule has 0 saturated carbocycles. The van der Waals surface area contributed by atoms with Crippen LogP contribution in [-0.2, 0) is 11.8 Å². The molecule has 0 fully saturated rings. The number of pyridine rings is 1.